The Hall–Kier alpha value is -2.56. The van der Waals surface area contributed by atoms with Gasteiger partial charge in [-0.2, -0.15) is 0 Å². The number of aromatic amines is 1. The zero-order valence-corrected chi connectivity index (χ0v) is 18.1. The van der Waals surface area contributed by atoms with E-state index in [9.17, 15) is 13.2 Å². The maximum absolute atomic E-state index is 12.4. The van der Waals surface area contributed by atoms with E-state index in [1.165, 1.54) is 38.0 Å². The van der Waals surface area contributed by atoms with Gasteiger partial charge in [-0.05, 0) is 36.8 Å². The number of nitrogens with one attached hydrogen (secondary N) is 2. The Morgan fingerprint density at radius 3 is 2.69 bits per heavy atom. The number of nitrogens with zero attached hydrogens (tertiary/aromatic N) is 2. The standard InChI is InChI=1S/C19H22N4O4S2/c1-12-5-7-14(29(25,26)23(2)3)10-16(12)20-18(24)11-28-19-21-15-8-6-13(27-4)9-17(15)22-19/h5-10H,11H2,1-4H3,(H,20,24)(H,21,22). The van der Waals surface area contributed by atoms with Gasteiger partial charge in [0.1, 0.15) is 5.75 Å². The number of ether oxygens (including phenoxy) is 1. The summed E-state index contributed by atoms with van der Waals surface area (Å²) in [5.41, 5.74) is 2.85. The van der Waals surface area contributed by atoms with E-state index in [-0.39, 0.29) is 16.6 Å². The van der Waals surface area contributed by atoms with Gasteiger partial charge in [-0.3, -0.25) is 4.79 Å². The maximum Gasteiger partial charge on any atom is 0.242 e. The van der Waals surface area contributed by atoms with Crippen LogP contribution in [0.3, 0.4) is 0 Å². The number of amides is 1. The monoisotopic (exact) mass is 434 g/mol. The Morgan fingerprint density at radius 2 is 2.00 bits per heavy atom. The summed E-state index contributed by atoms with van der Waals surface area (Å²) >= 11 is 1.26. The fourth-order valence-corrected chi connectivity index (χ4v) is 4.20. The number of aryl methyl sites for hydroxylation is 1. The third kappa shape index (κ3) is 4.72. The summed E-state index contributed by atoms with van der Waals surface area (Å²) in [6, 6.07) is 10.2. The number of rotatable bonds is 7. The molecule has 0 fully saturated rings. The van der Waals surface area contributed by atoms with Gasteiger partial charge < -0.3 is 15.0 Å². The van der Waals surface area contributed by atoms with E-state index in [1.54, 1.807) is 20.1 Å². The molecular formula is C19H22N4O4S2. The molecule has 0 saturated carbocycles. The normalized spacial score (nSPS) is 11.8. The number of H-pyrrole nitrogens is 1. The van der Waals surface area contributed by atoms with Crippen LogP contribution in [0, 0.1) is 6.92 Å². The van der Waals surface area contributed by atoms with Gasteiger partial charge in [0.05, 0.1) is 28.8 Å². The Kier molecular flexibility index (Phi) is 6.15. The molecule has 29 heavy (non-hydrogen) atoms. The first kappa shape index (κ1) is 21.2. The number of carbonyl (C=O) groups is 1. The van der Waals surface area contributed by atoms with E-state index in [4.69, 9.17) is 4.74 Å². The number of fused-ring (bicyclic) bond motifs is 1. The molecule has 1 heterocycles. The highest BCUT2D eigenvalue weighted by molar-refractivity contribution is 7.99. The molecule has 0 aliphatic heterocycles. The highest BCUT2D eigenvalue weighted by atomic mass is 32.2. The third-order valence-electron chi connectivity index (χ3n) is 4.27. The first-order chi connectivity index (χ1) is 13.7. The minimum atomic E-state index is -3.58. The van der Waals surface area contributed by atoms with Crippen molar-refractivity contribution in [1.82, 2.24) is 14.3 Å². The highest BCUT2D eigenvalue weighted by Crippen LogP contribution is 2.25. The molecule has 0 bridgehead atoms. The first-order valence-electron chi connectivity index (χ1n) is 8.70. The third-order valence-corrected chi connectivity index (χ3v) is 6.95. The van der Waals surface area contributed by atoms with Gasteiger partial charge in [-0.1, -0.05) is 17.8 Å². The lowest BCUT2D eigenvalue weighted by Crippen LogP contribution is -2.22. The molecule has 2 aromatic carbocycles. The number of imidazole rings is 1. The number of anilines is 1. The molecule has 3 aromatic rings. The van der Waals surface area contributed by atoms with Crippen molar-refractivity contribution in [1.29, 1.82) is 0 Å². The number of hydrogen-bond acceptors (Lipinski definition) is 6. The van der Waals surface area contributed by atoms with Crippen molar-refractivity contribution in [2.45, 2.75) is 17.0 Å². The number of methoxy groups -OCH3 is 1. The predicted molar refractivity (Wildman–Crippen MR) is 114 cm³/mol. The molecule has 1 amide bonds. The number of sulfonamides is 1. The summed E-state index contributed by atoms with van der Waals surface area (Å²) in [5.74, 6) is 0.593. The second kappa shape index (κ2) is 8.44. The zero-order valence-electron chi connectivity index (χ0n) is 16.5. The van der Waals surface area contributed by atoms with Crippen LogP contribution in [0.4, 0.5) is 5.69 Å². The van der Waals surface area contributed by atoms with Gasteiger partial charge in [-0.15, -0.1) is 0 Å². The van der Waals surface area contributed by atoms with Gasteiger partial charge in [0.25, 0.3) is 0 Å². The summed E-state index contributed by atoms with van der Waals surface area (Å²) in [7, 11) is 0.950. The second-order valence-corrected chi connectivity index (χ2v) is 9.64. The number of thioether (sulfide) groups is 1. The highest BCUT2D eigenvalue weighted by Gasteiger charge is 2.19. The van der Waals surface area contributed by atoms with Crippen molar-refractivity contribution in [2.24, 2.45) is 0 Å². The number of carbonyl (C=O) groups excluding carboxylic acids is 1. The molecule has 0 unspecified atom stereocenters. The van der Waals surface area contributed by atoms with Gasteiger partial charge in [-0.25, -0.2) is 17.7 Å². The minimum Gasteiger partial charge on any atom is -0.497 e. The van der Waals surface area contributed by atoms with Gasteiger partial charge in [0.15, 0.2) is 5.16 Å². The molecule has 0 aliphatic rings. The lowest BCUT2D eigenvalue weighted by molar-refractivity contribution is -0.113. The molecule has 1 aromatic heterocycles. The molecule has 8 nitrogen and oxygen atoms in total. The topological polar surface area (TPSA) is 104 Å². The Balaban J connectivity index is 1.69. The average Bonchev–Trinajstić information content (AvgIpc) is 3.09. The van der Waals surface area contributed by atoms with E-state index in [0.717, 1.165) is 26.7 Å². The summed E-state index contributed by atoms with van der Waals surface area (Å²) in [4.78, 5) is 20.1. The Bertz CT molecular complexity index is 1160. The van der Waals surface area contributed by atoms with Crippen LogP contribution < -0.4 is 10.1 Å². The van der Waals surface area contributed by atoms with Crippen LogP contribution in [0.5, 0.6) is 5.75 Å². The number of hydrogen-bond donors (Lipinski definition) is 2. The molecule has 3 rings (SSSR count). The van der Waals surface area contributed by atoms with Gasteiger partial charge in [0.2, 0.25) is 15.9 Å². The summed E-state index contributed by atoms with van der Waals surface area (Å²) in [6.07, 6.45) is 0. The summed E-state index contributed by atoms with van der Waals surface area (Å²) in [5, 5.41) is 3.39. The zero-order chi connectivity index (χ0) is 21.2. The van der Waals surface area contributed by atoms with Crippen LogP contribution in [0.15, 0.2) is 46.5 Å². The van der Waals surface area contributed by atoms with E-state index in [1.807, 2.05) is 18.2 Å². The average molecular weight is 435 g/mol. The smallest absolute Gasteiger partial charge is 0.242 e. The SMILES string of the molecule is COc1ccc2nc(SCC(=O)Nc3cc(S(=O)(=O)N(C)C)ccc3C)[nH]c2c1. The predicted octanol–water partition coefficient (Wildman–Crippen LogP) is 2.86. The van der Waals surface area contributed by atoms with Crippen molar-refractivity contribution < 1.29 is 17.9 Å². The number of benzene rings is 2. The van der Waals surface area contributed by atoms with Crippen molar-refractivity contribution >= 4 is 44.4 Å². The lowest BCUT2D eigenvalue weighted by atomic mass is 10.2. The Labute approximate surface area is 173 Å². The lowest BCUT2D eigenvalue weighted by Gasteiger charge is -2.14. The Morgan fingerprint density at radius 1 is 1.24 bits per heavy atom. The molecule has 0 atom stereocenters. The first-order valence-corrected chi connectivity index (χ1v) is 11.1. The van der Waals surface area contributed by atoms with E-state index < -0.39 is 10.0 Å². The van der Waals surface area contributed by atoms with E-state index in [2.05, 4.69) is 15.3 Å². The van der Waals surface area contributed by atoms with Crippen molar-refractivity contribution in [3.05, 3.63) is 42.0 Å². The van der Waals surface area contributed by atoms with Crippen molar-refractivity contribution in [3.8, 4) is 5.75 Å². The van der Waals surface area contributed by atoms with Crippen molar-refractivity contribution in [3.63, 3.8) is 0 Å². The summed E-state index contributed by atoms with van der Waals surface area (Å²) < 4.78 is 30.9. The number of aromatic nitrogens is 2. The van der Waals surface area contributed by atoms with Crippen LogP contribution >= 0.6 is 11.8 Å². The molecule has 154 valence electrons. The molecule has 0 aliphatic carbocycles. The molecule has 0 saturated heterocycles. The van der Waals surface area contributed by atoms with Crippen LogP contribution in [-0.2, 0) is 14.8 Å². The second-order valence-electron chi connectivity index (χ2n) is 6.53. The molecule has 0 spiro atoms. The summed E-state index contributed by atoms with van der Waals surface area (Å²) in [6.45, 7) is 1.81. The maximum atomic E-state index is 12.4. The minimum absolute atomic E-state index is 0.126. The van der Waals surface area contributed by atoms with Crippen LogP contribution in [0.1, 0.15) is 5.56 Å². The largest absolute Gasteiger partial charge is 0.497 e. The quantitative estimate of drug-likeness (QED) is 0.554. The molecule has 0 radical (unpaired) electrons. The van der Waals surface area contributed by atoms with Crippen LogP contribution in [0.2, 0.25) is 0 Å². The van der Waals surface area contributed by atoms with Crippen LogP contribution in [-0.4, -0.2) is 55.6 Å². The molecule has 2 N–H and O–H groups in total. The fourth-order valence-electron chi connectivity index (χ4n) is 2.59. The van der Waals surface area contributed by atoms with Crippen LogP contribution in [0.25, 0.3) is 11.0 Å². The van der Waals surface area contributed by atoms with E-state index >= 15 is 0 Å². The van der Waals surface area contributed by atoms with Crippen molar-refractivity contribution in [2.75, 3.05) is 32.3 Å². The molecular weight excluding hydrogens is 412 g/mol. The fraction of sp³-hybridized carbons (Fsp3) is 0.263. The van der Waals surface area contributed by atoms with Gasteiger partial charge >= 0.3 is 0 Å². The molecule has 10 heteroatoms. The van der Waals surface area contributed by atoms with Gasteiger partial charge in [0, 0.05) is 25.8 Å². The van der Waals surface area contributed by atoms with E-state index in [0.29, 0.717) is 10.8 Å².